The van der Waals surface area contributed by atoms with E-state index in [4.69, 9.17) is 4.99 Å². The Morgan fingerprint density at radius 3 is 2.29 bits per heavy atom. The Kier molecular flexibility index (Phi) is 8.13. The van der Waals surface area contributed by atoms with Gasteiger partial charge in [-0.15, -0.1) is 11.3 Å². The third-order valence-electron chi connectivity index (χ3n) is 9.71. The summed E-state index contributed by atoms with van der Waals surface area (Å²) in [4.78, 5) is 7.78. The van der Waals surface area contributed by atoms with E-state index in [0.717, 1.165) is 39.3 Å². The molecule has 9 rings (SSSR count). The van der Waals surface area contributed by atoms with E-state index in [1.165, 1.54) is 37.0 Å². The number of hydrogen-bond donors (Lipinski definition) is 2. The van der Waals surface area contributed by atoms with Gasteiger partial charge in [-0.05, 0) is 52.1 Å². The van der Waals surface area contributed by atoms with Gasteiger partial charge in [-0.2, -0.15) is 0 Å². The second-order valence-corrected chi connectivity index (χ2v) is 14.0. The first kappa shape index (κ1) is 31.0. The fourth-order valence-electron chi connectivity index (χ4n) is 7.17. The molecule has 4 nitrogen and oxygen atoms in total. The SMILES string of the molecule is C=C1/C=C\C=C/CN(c2cccc(C3=NC(c4cccc(-c5ccccc5)c4)NC(c4ccccc4)N3)c2)c2c1ccc1c2sc2ccccc21. The smallest absolute Gasteiger partial charge is 0.131 e. The Morgan fingerprint density at radius 2 is 1.41 bits per heavy atom. The molecular formula is C46H36N4S. The first-order chi connectivity index (χ1) is 25.2. The van der Waals surface area contributed by atoms with Gasteiger partial charge in [0.2, 0.25) is 0 Å². The number of rotatable bonds is 5. The van der Waals surface area contributed by atoms with Crippen LogP contribution in [0, 0.1) is 0 Å². The Labute approximate surface area is 302 Å². The quantitative estimate of drug-likeness (QED) is 0.191. The fourth-order valence-corrected chi connectivity index (χ4v) is 8.43. The van der Waals surface area contributed by atoms with Gasteiger partial charge in [-0.25, -0.2) is 4.99 Å². The zero-order valence-corrected chi connectivity index (χ0v) is 28.9. The first-order valence-corrected chi connectivity index (χ1v) is 18.2. The van der Waals surface area contributed by atoms with Crippen LogP contribution in [0.25, 0.3) is 36.9 Å². The molecule has 0 radical (unpaired) electrons. The van der Waals surface area contributed by atoms with Crippen molar-refractivity contribution in [3.8, 4) is 11.1 Å². The van der Waals surface area contributed by atoms with Crippen molar-refractivity contribution in [1.82, 2.24) is 10.6 Å². The molecule has 2 aliphatic rings. The molecule has 2 unspecified atom stereocenters. The van der Waals surface area contributed by atoms with Crippen LogP contribution in [-0.2, 0) is 0 Å². The summed E-state index contributed by atoms with van der Waals surface area (Å²) in [5.41, 5.74) is 10.1. The fraction of sp³-hybridized carbons (Fsp3) is 0.0652. The molecule has 7 aromatic rings. The minimum Gasteiger partial charge on any atom is -0.350 e. The van der Waals surface area contributed by atoms with Crippen LogP contribution in [0.15, 0.2) is 181 Å². The van der Waals surface area contributed by atoms with Crippen LogP contribution in [-0.4, -0.2) is 12.4 Å². The lowest BCUT2D eigenvalue weighted by Crippen LogP contribution is -2.45. The molecule has 246 valence electrons. The molecule has 2 atom stereocenters. The molecule has 51 heavy (non-hydrogen) atoms. The van der Waals surface area contributed by atoms with Crippen molar-refractivity contribution >= 4 is 54.3 Å². The van der Waals surface area contributed by atoms with Crippen molar-refractivity contribution in [1.29, 1.82) is 0 Å². The van der Waals surface area contributed by atoms with Gasteiger partial charge in [0.05, 0.1) is 10.4 Å². The van der Waals surface area contributed by atoms with Crippen molar-refractivity contribution in [3.05, 3.63) is 199 Å². The Balaban J connectivity index is 1.16. The van der Waals surface area contributed by atoms with Crippen LogP contribution >= 0.6 is 11.3 Å². The summed E-state index contributed by atoms with van der Waals surface area (Å²) in [6, 6.07) is 51.8. The average Bonchev–Trinajstić information content (AvgIpc) is 3.61. The van der Waals surface area contributed by atoms with E-state index >= 15 is 0 Å². The highest BCUT2D eigenvalue weighted by molar-refractivity contribution is 7.26. The molecule has 2 aliphatic heterocycles. The van der Waals surface area contributed by atoms with Gasteiger partial charge in [0.25, 0.3) is 0 Å². The van der Waals surface area contributed by atoms with Crippen molar-refractivity contribution in [2.45, 2.75) is 12.3 Å². The minimum atomic E-state index is -0.250. The maximum Gasteiger partial charge on any atom is 0.131 e. The second-order valence-electron chi connectivity index (χ2n) is 12.9. The Hall–Kier alpha value is -6.01. The third-order valence-corrected chi connectivity index (χ3v) is 10.9. The zero-order valence-electron chi connectivity index (χ0n) is 28.0. The molecule has 0 spiro atoms. The lowest BCUT2D eigenvalue weighted by atomic mass is 10.00. The van der Waals surface area contributed by atoms with Crippen LogP contribution in [0.5, 0.6) is 0 Å². The van der Waals surface area contributed by atoms with E-state index < -0.39 is 0 Å². The molecule has 0 saturated carbocycles. The molecular weight excluding hydrogens is 641 g/mol. The number of hydrogen-bond acceptors (Lipinski definition) is 5. The van der Waals surface area contributed by atoms with Gasteiger partial charge in [-0.3, -0.25) is 5.32 Å². The summed E-state index contributed by atoms with van der Waals surface area (Å²) < 4.78 is 2.55. The van der Waals surface area contributed by atoms with Crippen molar-refractivity contribution in [3.63, 3.8) is 0 Å². The van der Waals surface area contributed by atoms with Crippen LogP contribution in [0.4, 0.5) is 11.4 Å². The molecule has 2 N–H and O–H groups in total. The van der Waals surface area contributed by atoms with Gasteiger partial charge in [0.15, 0.2) is 0 Å². The van der Waals surface area contributed by atoms with Gasteiger partial charge in [-0.1, -0.05) is 152 Å². The predicted molar refractivity (Wildman–Crippen MR) is 217 cm³/mol. The zero-order chi connectivity index (χ0) is 34.1. The second kappa shape index (κ2) is 13.4. The summed E-state index contributed by atoms with van der Waals surface area (Å²) in [7, 11) is 0. The normalized spacial score (nSPS) is 18.6. The van der Waals surface area contributed by atoms with Crippen LogP contribution < -0.4 is 15.5 Å². The number of anilines is 2. The number of thiophene rings is 1. The largest absolute Gasteiger partial charge is 0.350 e. The van der Waals surface area contributed by atoms with E-state index in [0.29, 0.717) is 6.54 Å². The maximum atomic E-state index is 5.34. The van der Waals surface area contributed by atoms with Crippen molar-refractivity contribution < 1.29 is 0 Å². The van der Waals surface area contributed by atoms with Crippen LogP contribution in [0.1, 0.15) is 34.6 Å². The summed E-state index contributed by atoms with van der Waals surface area (Å²) in [5, 5.41) is 10.1. The van der Waals surface area contributed by atoms with Crippen LogP contribution in [0.2, 0.25) is 0 Å². The average molecular weight is 677 g/mol. The van der Waals surface area contributed by atoms with Crippen molar-refractivity contribution in [2.75, 3.05) is 11.4 Å². The highest BCUT2D eigenvalue weighted by Gasteiger charge is 2.27. The van der Waals surface area contributed by atoms with E-state index in [1.807, 2.05) is 11.3 Å². The number of aliphatic imine (C=N–C) groups is 1. The third kappa shape index (κ3) is 5.97. The number of nitrogens with zero attached hydrogens (tertiary/aromatic N) is 2. The Morgan fingerprint density at radius 1 is 0.667 bits per heavy atom. The van der Waals surface area contributed by atoms with E-state index in [2.05, 4.69) is 192 Å². The molecule has 6 aromatic carbocycles. The molecule has 0 saturated heterocycles. The first-order valence-electron chi connectivity index (χ1n) is 17.3. The van der Waals surface area contributed by atoms with E-state index in [1.54, 1.807) is 0 Å². The van der Waals surface area contributed by atoms with Crippen LogP contribution in [0.3, 0.4) is 0 Å². The standard InChI is InChI=1S/C46H36N4S/c1-31-15-5-4-12-28-50(42-38(31)26-27-40-39-24-10-11-25-41(39)51-43(40)42)37-23-14-22-36(30-37)46-48-44(33-18-8-3-9-19-33)47-45(49-46)35-21-13-20-34(29-35)32-16-6-2-7-17-32/h2-27,29-30,44-45,47H,1,28H2,(H,48,49)/b12-4-,15-5-. The van der Waals surface area contributed by atoms with Crippen molar-refractivity contribution in [2.24, 2.45) is 4.99 Å². The number of fused-ring (bicyclic) bond motifs is 5. The highest BCUT2D eigenvalue weighted by atomic mass is 32.1. The van der Waals surface area contributed by atoms with E-state index in [-0.39, 0.29) is 12.3 Å². The lowest BCUT2D eigenvalue weighted by molar-refractivity contribution is 0.409. The number of benzene rings is 6. The summed E-state index contributed by atoms with van der Waals surface area (Å²) in [6.07, 6.45) is 8.16. The van der Waals surface area contributed by atoms with Gasteiger partial charge >= 0.3 is 0 Å². The molecule has 5 heteroatoms. The van der Waals surface area contributed by atoms with Gasteiger partial charge < -0.3 is 10.2 Å². The number of allylic oxidation sites excluding steroid dienone is 4. The van der Waals surface area contributed by atoms with Gasteiger partial charge in [0.1, 0.15) is 18.2 Å². The summed E-state index contributed by atoms with van der Waals surface area (Å²) >= 11 is 1.85. The Bertz CT molecular complexity index is 2490. The molecule has 0 bridgehead atoms. The van der Waals surface area contributed by atoms with Gasteiger partial charge in [0, 0.05) is 38.8 Å². The molecule has 0 aliphatic carbocycles. The summed E-state index contributed by atoms with van der Waals surface area (Å²) in [6.45, 7) is 5.21. The molecule has 0 amide bonds. The highest BCUT2D eigenvalue weighted by Crippen LogP contribution is 2.46. The number of amidine groups is 1. The molecule has 0 fully saturated rings. The minimum absolute atomic E-state index is 0.130. The van der Waals surface area contributed by atoms with E-state index in [9.17, 15) is 0 Å². The lowest BCUT2D eigenvalue weighted by Gasteiger charge is -2.33. The molecule has 1 aromatic heterocycles. The monoisotopic (exact) mass is 676 g/mol. The molecule has 3 heterocycles. The maximum absolute atomic E-state index is 5.34. The number of nitrogens with one attached hydrogen (secondary N) is 2. The predicted octanol–water partition coefficient (Wildman–Crippen LogP) is 11.3. The topological polar surface area (TPSA) is 39.7 Å². The summed E-state index contributed by atoms with van der Waals surface area (Å²) in [5.74, 6) is 0.853.